The molecule has 0 atom stereocenters. The third-order valence-electron chi connectivity index (χ3n) is 3.41. The van der Waals surface area contributed by atoms with E-state index in [1.54, 1.807) is 13.3 Å². The Morgan fingerprint density at radius 3 is 2.71 bits per heavy atom. The minimum Gasteiger partial charge on any atom is -0.493 e. The van der Waals surface area contributed by atoms with Crippen molar-refractivity contribution in [3.05, 3.63) is 48.3 Å². The molecular formula is C17H23N3O. The number of benzene rings is 1. The normalized spacial score (nSPS) is 10.2. The van der Waals surface area contributed by atoms with E-state index in [9.17, 15) is 0 Å². The van der Waals surface area contributed by atoms with Gasteiger partial charge in [-0.1, -0.05) is 18.2 Å². The van der Waals surface area contributed by atoms with Crippen LogP contribution >= 0.6 is 0 Å². The van der Waals surface area contributed by atoms with Gasteiger partial charge in [-0.15, -0.1) is 0 Å². The second-order valence-corrected chi connectivity index (χ2v) is 5.06. The molecule has 4 nitrogen and oxygen atoms in total. The van der Waals surface area contributed by atoms with Crippen LogP contribution in [0.25, 0.3) is 0 Å². The molecule has 0 amide bonds. The molecule has 1 N–H and O–H groups in total. The predicted octanol–water partition coefficient (Wildman–Crippen LogP) is 3.34. The van der Waals surface area contributed by atoms with E-state index in [2.05, 4.69) is 46.5 Å². The number of aryl methyl sites for hydroxylation is 1. The van der Waals surface area contributed by atoms with Crippen LogP contribution < -0.4 is 15.0 Å². The molecule has 1 aromatic carbocycles. The van der Waals surface area contributed by atoms with E-state index in [4.69, 9.17) is 4.74 Å². The summed E-state index contributed by atoms with van der Waals surface area (Å²) in [5.41, 5.74) is 3.24. The number of anilines is 2. The fraction of sp³-hybridized carbons (Fsp3) is 0.353. The summed E-state index contributed by atoms with van der Waals surface area (Å²) in [5.74, 6) is 0.789. The van der Waals surface area contributed by atoms with Gasteiger partial charge in [-0.2, -0.15) is 0 Å². The van der Waals surface area contributed by atoms with Crippen molar-refractivity contribution in [2.24, 2.45) is 0 Å². The van der Waals surface area contributed by atoms with Crippen LogP contribution in [0.2, 0.25) is 0 Å². The zero-order valence-electron chi connectivity index (χ0n) is 13.0. The molecule has 2 rings (SSSR count). The van der Waals surface area contributed by atoms with Crippen molar-refractivity contribution >= 4 is 11.4 Å². The van der Waals surface area contributed by atoms with Crippen molar-refractivity contribution in [2.45, 2.75) is 13.3 Å². The van der Waals surface area contributed by atoms with Crippen molar-refractivity contribution < 1.29 is 4.74 Å². The van der Waals surface area contributed by atoms with Crippen molar-refractivity contribution in [2.75, 3.05) is 37.5 Å². The number of pyridine rings is 1. The first kappa shape index (κ1) is 15.2. The van der Waals surface area contributed by atoms with Crippen molar-refractivity contribution in [1.29, 1.82) is 0 Å². The number of aromatic nitrogens is 1. The van der Waals surface area contributed by atoms with Gasteiger partial charge in [-0.05, 0) is 31.5 Å². The average molecular weight is 285 g/mol. The molecule has 0 aliphatic rings. The van der Waals surface area contributed by atoms with Gasteiger partial charge in [0.05, 0.1) is 19.0 Å². The van der Waals surface area contributed by atoms with Crippen LogP contribution in [-0.4, -0.2) is 32.2 Å². The van der Waals surface area contributed by atoms with Gasteiger partial charge in [-0.3, -0.25) is 4.98 Å². The molecule has 0 spiro atoms. The smallest absolute Gasteiger partial charge is 0.160 e. The highest BCUT2D eigenvalue weighted by molar-refractivity contribution is 5.55. The third-order valence-corrected chi connectivity index (χ3v) is 3.41. The molecule has 21 heavy (non-hydrogen) atoms. The van der Waals surface area contributed by atoms with E-state index in [0.29, 0.717) is 0 Å². The Labute approximate surface area is 126 Å². The maximum absolute atomic E-state index is 5.31. The third kappa shape index (κ3) is 4.38. The van der Waals surface area contributed by atoms with Crippen LogP contribution in [0.4, 0.5) is 11.4 Å². The molecule has 112 valence electrons. The van der Waals surface area contributed by atoms with E-state index >= 15 is 0 Å². The van der Waals surface area contributed by atoms with Gasteiger partial charge < -0.3 is 15.0 Å². The van der Waals surface area contributed by atoms with Gasteiger partial charge in [-0.25, -0.2) is 0 Å². The Kier molecular flexibility index (Phi) is 5.43. The van der Waals surface area contributed by atoms with Gasteiger partial charge in [0.2, 0.25) is 0 Å². The number of nitrogens with one attached hydrogen (secondary N) is 1. The molecule has 1 heterocycles. The zero-order chi connectivity index (χ0) is 15.1. The number of nitrogens with zero attached hydrogens (tertiary/aromatic N) is 2. The van der Waals surface area contributed by atoms with E-state index in [1.807, 2.05) is 19.1 Å². The van der Waals surface area contributed by atoms with E-state index in [-0.39, 0.29) is 0 Å². The number of methoxy groups -OCH3 is 1. The lowest BCUT2D eigenvalue weighted by atomic mass is 10.2. The monoisotopic (exact) mass is 285 g/mol. The Hall–Kier alpha value is -2.23. The van der Waals surface area contributed by atoms with E-state index < -0.39 is 0 Å². The first-order chi connectivity index (χ1) is 10.2. The highest BCUT2D eigenvalue weighted by atomic mass is 16.5. The SMILES string of the molecule is COc1cnc(C)cc1NCCCN(C)c1ccccc1. The maximum atomic E-state index is 5.31. The highest BCUT2D eigenvalue weighted by Crippen LogP contribution is 2.23. The molecule has 0 saturated carbocycles. The second-order valence-electron chi connectivity index (χ2n) is 5.06. The fourth-order valence-corrected chi connectivity index (χ4v) is 2.20. The fourth-order valence-electron chi connectivity index (χ4n) is 2.20. The summed E-state index contributed by atoms with van der Waals surface area (Å²) < 4.78 is 5.31. The lowest BCUT2D eigenvalue weighted by molar-refractivity contribution is 0.414. The van der Waals surface area contributed by atoms with Crippen molar-refractivity contribution in [3.8, 4) is 5.75 Å². The average Bonchev–Trinajstić information content (AvgIpc) is 2.52. The van der Waals surface area contributed by atoms with Crippen molar-refractivity contribution in [3.63, 3.8) is 0 Å². The second kappa shape index (κ2) is 7.53. The van der Waals surface area contributed by atoms with Gasteiger partial charge in [0.25, 0.3) is 0 Å². The van der Waals surface area contributed by atoms with Gasteiger partial charge in [0.15, 0.2) is 5.75 Å². The Balaban J connectivity index is 1.81. The highest BCUT2D eigenvalue weighted by Gasteiger charge is 2.04. The first-order valence-corrected chi connectivity index (χ1v) is 7.21. The number of rotatable bonds is 7. The van der Waals surface area contributed by atoms with E-state index in [1.165, 1.54) is 5.69 Å². The lowest BCUT2D eigenvalue weighted by Gasteiger charge is -2.19. The molecule has 0 saturated heterocycles. The minimum atomic E-state index is 0.789. The van der Waals surface area contributed by atoms with Crippen LogP contribution in [0.15, 0.2) is 42.6 Å². The molecule has 0 aliphatic carbocycles. The zero-order valence-corrected chi connectivity index (χ0v) is 13.0. The van der Waals surface area contributed by atoms with Crippen LogP contribution in [0, 0.1) is 6.92 Å². The minimum absolute atomic E-state index is 0.789. The summed E-state index contributed by atoms with van der Waals surface area (Å²) in [6, 6.07) is 12.4. The van der Waals surface area contributed by atoms with Crippen molar-refractivity contribution in [1.82, 2.24) is 4.98 Å². The van der Waals surface area contributed by atoms with Crippen LogP contribution in [0.5, 0.6) is 5.75 Å². The summed E-state index contributed by atoms with van der Waals surface area (Å²) in [5, 5.41) is 3.42. The maximum Gasteiger partial charge on any atom is 0.160 e. The molecule has 0 aliphatic heterocycles. The van der Waals surface area contributed by atoms with Crippen LogP contribution in [-0.2, 0) is 0 Å². The predicted molar refractivity (Wildman–Crippen MR) is 88.3 cm³/mol. The number of hydrogen-bond acceptors (Lipinski definition) is 4. The van der Waals surface area contributed by atoms with Gasteiger partial charge >= 0.3 is 0 Å². The van der Waals surface area contributed by atoms with E-state index in [0.717, 1.165) is 36.6 Å². The summed E-state index contributed by atoms with van der Waals surface area (Å²) in [6.07, 6.45) is 2.81. The topological polar surface area (TPSA) is 37.4 Å². The van der Waals surface area contributed by atoms with Crippen LogP contribution in [0.1, 0.15) is 12.1 Å². The first-order valence-electron chi connectivity index (χ1n) is 7.21. The van der Waals surface area contributed by atoms with Gasteiger partial charge in [0, 0.05) is 31.5 Å². The molecule has 0 unspecified atom stereocenters. The Morgan fingerprint density at radius 1 is 1.24 bits per heavy atom. The molecule has 0 bridgehead atoms. The summed E-state index contributed by atoms with van der Waals surface area (Å²) >= 11 is 0. The number of para-hydroxylation sites is 1. The van der Waals surface area contributed by atoms with Gasteiger partial charge in [0.1, 0.15) is 0 Å². The largest absolute Gasteiger partial charge is 0.493 e. The quantitative estimate of drug-likeness (QED) is 0.792. The summed E-state index contributed by atoms with van der Waals surface area (Å²) in [7, 11) is 3.78. The molecule has 2 aromatic rings. The number of hydrogen-bond donors (Lipinski definition) is 1. The number of ether oxygens (including phenoxy) is 1. The summed E-state index contributed by atoms with van der Waals surface area (Å²) in [4.78, 5) is 6.49. The molecular weight excluding hydrogens is 262 g/mol. The standard InChI is InChI=1S/C17H23N3O/c1-14-12-16(17(21-3)13-19-14)18-10-7-11-20(2)15-8-5-4-6-9-15/h4-6,8-9,12-13H,7,10-11H2,1-3H3,(H,18,19). The van der Waals surface area contributed by atoms with Crippen LogP contribution in [0.3, 0.4) is 0 Å². The lowest BCUT2D eigenvalue weighted by Crippen LogP contribution is -2.20. The Bertz CT molecular complexity index is 557. The Morgan fingerprint density at radius 2 is 2.00 bits per heavy atom. The molecule has 1 aromatic heterocycles. The summed E-state index contributed by atoms with van der Waals surface area (Å²) in [6.45, 7) is 3.88. The molecule has 0 radical (unpaired) electrons. The molecule has 4 heteroatoms. The molecule has 0 fully saturated rings.